The fraction of sp³-hybridized carbons (Fsp3) is 0.500. The molecule has 2 aromatic rings. The van der Waals surface area contributed by atoms with Gasteiger partial charge in [-0.2, -0.15) is 0 Å². The number of hydrogen-bond donors (Lipinski definition) is 7. The Labute approximate surface area is 312 Å². The molecule has 0 saturated carbocycles. The molecule has 13 nitrogen and oxygen atoms in total. The second-order valence-electron chi connectivity index (χ2n) is 14.8. The number of carbonyl (C=O) groups is 6. The largest absolute Gasteiger partial charge is 0.508 e. The molecule has 1 saturated heterocycles. The van der Waals surface area contributed by atoms with E-state index in [-0.39, 0.29) is 49.7 Å². The third kappa shape index (κ3) is 13.3. The van der Waals surface area contributed by atoms with Gasteiger partial charge in [0.05, 0.1) is 0 Å². The second kappa shape index (κ2) is 20.0. The van der Waals surface area contributed by atoms with Crippen LogP contribution in [0, 0.1) is 30.1 Å². The van der Waals surface area contributed by atoms with Gasteiger partial charge in [-0.3, -0.25) is 28.8 Å². The van der Waals surface area contributed by atoms with E-state index in [1.165, 1.54) is 12.1 Å². The number of carbonyl (C=O) groups excluding carboxylic acids is 6. The van der Waals surface area contributed by atoms with Crippen LogP contribution in [-0.2, 0) is 41.6 Å². The topological polar surface area (TPSA) is 195 Å². The molecule has 1 aliphatic heterocycles. The molecule has 0 aliphatic carbocycles. The normalized spacial score (nSPS) is 23.8. The Bertz CT molecular complexity index is 1620. The van der Waals surface area contributed by atoms with Crippen molar-refractivity contribution in [3.05, 3.63) is 65.7 Å². The van der Waals surface area contributed by atoms with Gasteiger partial charge < -0.3 is 37.0 Å². The lowest BCUT2D eigenvalue weighted by molar-refractivity contribution is -0.137. The van der Waals surface area contributed by atoms with Crippen LogP contribution in [0.2, 0.25) is 0 Å². The molecule has 0 aromatic heterocycles. The maximum Gasteiger partial charge on any atom is 0.244 e. The van der Waals surface area contributed by atoms with Crippen LogP contribution in [0.5, 0.6) is 5.75 Å². The van der Waals surface area contributed by atoms with Crippen LogP contribution >= 0.6 is 0 Å². The summed E-state index contributed by atoms with van der Waals surface area (Å²) in [6.45, 7) is 11.0. The van der Waals surface area contributed by atoms with Gasteiger partial charge in [-0.05, 0) is 53.9 Å². The highest BCUT2D eigenvalue weighted by atomic mass is 16.3. The predicted octanol–water partition coefficient (Wildman–Crippen LogP) is 1.87. The van der Waals surface area contributed by atoms with Gasteiger partial charge in [0.25, 0.3) is 0 Å². The first-order valence-electron chi connectivity index (χ1n) is 18.1. The Kier molecular flexibility index (Phi) is 15.9. The monoisotopic (exact) mass is 730 g/mol. The molecule has 1 aliphatic rings. The Morgan fingerprint density at radius 1 is 0.547 bits per heavy atom. The van der Waals surface area contributed by atoms with Crippen molar-refractivity contribution in [3.63, 3.8) is 0 Å². The number of amides is 6. The Balaban J connectivity index is 2.12. The zero-order chi connectivity index (χ0) is 39.2. The number of aromatic hydroxyl groups is 1. The number of rotatable bonds is 10. The zero-order valence-corrected chi connectivity index (χ0v) is 31.4. The minimum absolute atomic E-state index is 0.00736. The number of phenols is 1. The van der Waals surface area contributed by atoms with E-state index < -0.39 is 77.6 Å². The van der Waals surface area contributed by atoms with Crippen LogP contribution in [-0.4, -0.2) is 76.8 Å². The summed E-state index contributed by atoms with van der Waals surface area (Å²) >= 11 is 0. The molecule has 1 fully saturated rings. The first-order valence-corrected chi connectivity index (χ1v) is 18.1. The highest BCUT2D eigenvalue weighted by molar-refractivity contribution is 5.98. The van der Waals surface area contributed by atoms with E-state index >= 15 is 0 Å². The van der Waals surface area contributed by atoms with E-state index in [4.69, 9.17) is 6.42 Å². The first kappa shape index (κ1) is 42.0. The Hall–Kier alpha value is -5.38. The lowest BCUT2D eigenvalue weighted by atomic mass is 9.97. The molecule has 0 spiro atoms. The van der Waals surface area contributed by atoms with Crippen molar-refractivity contribution < 1.29 is 33.9 Å². The van der Waals surface area contributed by atoms with Gasteiger partial charge in [0, 0.05) is 19.3 Å². The van der Waals surface area contributed by atoms with Gasteiger partial charge in [-0.25, -0.2) is 0 Å². The lowest BCUT2D eigenvalue weighted by Crippen LogP contribution is -2.62. The molecule has 3 rings (SSSR count). The van der Waals surface area contributed by atoms with Crippen molar-refractivity contribution in [2.24, 2.45) is 17.8 Å². The van der Waals surface area contributed by atoms with E-state index in [0.29, 0.717) is 5.56 Å². The van der Waals surface area contributed by atoms with Gasteiger partial charge in [0.15, 0.2) is 0 Å². The van der Waals surface area contributed by atoms with Gasteiger partial charge in [-0.1, -0.05) is 84.0 Å². The summed E-state index contributed by atoms with van der Waals surface area (Å²) in [7, 11) is 0. The summed E-state index contributed by atoms with van der Waals surface area (Å²) in [4.78, 5) is 83.4. The van der Waals surface area contributed by atoms with Crippen molar-refractivity contribution in [2.75, 3.05) is 0 Å². The standard InChI is InChI=1S/C40H54N6O7/c1-8-12-29-35(48)42-30(19-23(2)3)36(49)43-31(20-24(4)5)37(50)44-33(21-26-13-10-9-11-14-26)39(52)46-34(25(6)7)40(53)45-32(38(51)41-29)22-27-15-17-28(47)18-16-27/h1,9-11,13-18,23-25,29-34,47H,12,19-22H2,2-7H3,(H,41,51)(H,42,48)(H,43,49)(H,44,50)(H,45,53)(H,46,52)/t29-,30-,31-,32-,33-,34-/m0/s1. The van der Waals surface area contributed by atoms with Gasteiger partial charge >= 0.3 is 0 Å². The maximum absolute atomic E-state index is 14.0. The quantitative estimate of drug-likeness (QED) is 0.181. The molecule has 6 atom stereocenters. The van der Waals surface area contributed by atoms with Gasteiger partial charge in [-0.15, -0.1) is 12.3 Å². The first-order chi connectivity index (χ1) is 25.1. The number of terminal acetylenes is 1. The van der Waals surface area contributed by atoms with E-state index in [1.54, 1.807) is 38.1 Å². The van der Waals surface area contributed by atoms with Crippen LogP contribution in [0.25, 0.3) is 0 Å². The summed E-state index contributed by atoms with van der Waals surface area (Å²) in [5.74, 6) is -2.11. The average molecular weight is 731 g/mol. The second-order valence-corrected chi connectivity index (χ2v) is 14.8. The van der Waals surface area contributed by atoms with Crippen molar-refractivity contribution in [1.82, 2.24) is 31.9 Å². The number of phenolic OH excluding ortho intramolecular Hbond substituents is 1. The average Bonchev–Trinajstić information content (AvgIpc) is 3.09. The molecule has 0 unspecified atom stereocenters. The minimum Gasteiger partial charge on any atom is -0.508 e. The summed E-state index contributed by atoms with van der Waals surface area (Å²) in [6, 6.07) is 8.15. The molecule has 0 bridgehead atoms. The lowest BCUT2D eigenvalue weighted by Gasteiger charge is -2.30. The predicted molar refractivity (Wildman–Crippen MR) is 201 cm³/mol. The molecule has 6 amide bonds. The Morgan fingerprint density at radius 3 is 1.42 bits per heavy atom. The third-order valence-electron chi connectivity index (χ3n) is 8.81. The molecule has 2 aromatic carbocycles. The fourth-order valence-corrected chi connectivity index (χ4v) is 6.01. The van der Waals surface area contributed by atoms with Crippen molar-refractivity contribution >= 4 is 35.4 Å². The maximum atomic E-state index is 14.0. The molecule has 0 radical (unpaired) electrons. The Morgan fingerprint density at radius 2 is 0.943 bits per heavy atom. The zero-order valence-electron chi connectivity index (χ0n) is 31.4. The van der Waals surface area contributed by atoms with Gasteiger partial charge in [0.2, 0.25) is 35.4 Å². The summed E-state index contributed by atoms with van der Waals surface area (Å²) in [6.07, 6.45) is 5.86. The smallest absolute Gasteiger partial charge is 0.244 e. The van der Waals surface area contributed by atoms with Crippen LogP contribution in [0.3, 0.4) is 0 Å². The highest BCUT2D eigenvalue weighted by Crippen LogP contribution is 2.15. The molecule has 1 heterocycles. The van der Waals surface area contributed by atoms with E-state index in [1.807, 2.05) is 45.9 Å². The van der Waals surface area contributed by atoms with Gasteiger partial charge in [0.1, 0.15) is 42.0 Å². The molecule has 7 N–H and O–H groups in total. The highest BCUT2D eigenvalue weighted by Gasteiger charge is 2.36. The molecule has 286 valence electrons. The third-order valence-corrected chi connectivity index (χ3v) is 8.81. The van der Waals surface area contributed by atoms with Crippen molar-refractivity contribution in [1.29, 1.82) is 0 Å². The SMILES string of the molecule is C#CC[C@@H]1NC(=O)[C@H](Cc2ccc(O)cc2)NC(=O)[C@H](C(C)C)NC(=O)[C@H](Cc2ccccc2)NC(=O)[C@H](CC(C)C)NC(=O)[C@H](CC(C)C)NC1=O. The minimum atomic E-state index is -1.28. The van der Waals surface area contributed by atoms with Crippen molar-refractivity contribution in [2.45, 2.75) is 110 Å². The number of hydrogen-bond acceptors (Lipinski definition) is 7. The number of benzene rings is 2. The fourth-order valence-electron chi connectivity index (χ4n) is 6.01. The molecular weight excluding hydrogens is 676 g/mol. The van der Waals surface area contributed by atoms with E-state index in [9.17, 15) is 33.9 Å². The van der Waals surface area contributed by atoms with Crippen LogP contribution in [0.1, 0.15) is 71.9 Å². The van der Waals surface area contributed by atoms with Crippen molar-refractivity contribution in [3.8, 4) is 18.1 Å². The number of nitrogens with one attached hydrogen (secondary N) is 6. The summed E-state index contributed by atoms with van der Waals surface area (Å²) in [5.41, 5.74) is 1.33. The molecular formula is C40H54N6O7. The van der Waals surface area contributed by atoms with Crippen LogP contribution in [0.15, 0.2) is 54.6 Å². The van der Waals surface area contributed by atoms with E-state index in [0.717, 1.165) is 5.56 Å². The van der Waals surface area contributed by atoms with Crippen LogP contribution in [0.4, 0.5) is 0 Å². The van der Waals surface area contributed by atoms with E-state index in [2.05, 4.69) is 37.8 Å². The summed E-state index contributed by atoms with van der Waals surface area (Å²) < 4.78 is 0. The molecule has 13 heteroatoms. The molecule has 53 heavy (non-hydrogen) atoms. The van der Waals surface area contributed by atoms with Crippen LogP contribution < -0.4 is 31.9 Å². The summed E-state index contributed by atoms with van der Waals surface area (Å²) in [5, 5.41) is 26.3.